The van der Waals surface area contributed by atoms with Gasteiger partial charge in [-0.15, -0.1) is 0 Å². The molecule has 0 bridgehead atoms. The van der Waals surface area contributed by atoms with Gasteiger partial charge in [0.05, 0.1) is 6.07 Å². The highest BCUT2D eigenvalue weighted by molar-refractivity contribution is 5.96. The number of nitrogens with one attached hydrogen (secondary N) is 1. The monoisotopic (exact) mass is 274 g/mol. The molecule has 5 heteroatoms. The van der Waals surface area contributed by atoms with Gasteiger partial charge in [0, 0.05) is 25.1 Å². The molecule has 1 amide bonds. The summed E-state index contributed by atoms with van der Waals surface area (Å²) in [6.07, 6.45) is 0.713. The molecule has 1 aliphatic heterocycles. The van der Waals surface area contributed by atoms with Crippen molar-refractivity contribution in [1.29, 1.82) is 5.26 Å². The molecule has 1 aliphatic rings. The first-order valence-electron chi connectivity index (χ1n) is 6.54. The lowest BCUT2D eigenvalue weighted by Crippen LogP contribution is -2.33. The summed E-state index contributed by atoms with van der Waals surface area (Å²) < 4.78 is 11.4. The molecular weight excluding hydrogens is 256 g/mol. The number of ether oxygens (including phenoxy) is 2. The average Bonchev–Trinajstić information content (AvgIpc) is 2.75. The Morgan fingerprint density at radius 3 is 2.65 bits per heavy atom. The highest BCUT2D eigenvalue weighted by atomic mass is 16.7. The Kier molecular flexibility index (Phi) is 3.34. The molecule has 0 spiro atoms. The predicted octanol–water partition coefficient (Wildman–Crippen LogP) is 3.07. The SMILES string of the molecule is CC[C@@]1(C)Oc2ccc(NC(=O)C(C)(C)C#N)cc2O1. The van der Waals surface area contributed by atoms with Crippen LogP contribution in [0.2, 0.25) is 0 Å². The third-order valence-electron chi connectivity index (χ3n) is 3.34. The zero-order chi connectivity index (χ0) is 15.0. The molecule has 1 N–H and O–H groups in total. The van der Waals surface area contributed by atoms with E-state index in [2.05, 4.69) is 5.32 Å². The first-order valence-corrected chi connectivity index (χ1v) is 6.54. The van der Waals surface area contributed by atoms with Crippen molar-refractivity contribution >= 4 is 11.6 Å². The molecule has 0 saturated carbocycles. The standard InChI is InChI=1S/C15H18N2O3/c1-5-15(4)19-11-7-6-10(8-12(11)20-15)17-13(18)14(2,3)9-16/h6-8H,5H2,1-4H3,(H,17,18)/t15-/m0/s1. The number of carbonyl (C=O) groups excluding carboxylic acids is 1. The molecule has 1 heterocycles. The minimum Gasteiger partial charge on any atom is -0.449 e. The third-order valence-corrected chi connectivity index (χ3v) is 3.34. The van der Waals surface area contributed by atoms with E-state index in [-0.39, 0.29) is 5.91 Å². The molecule has 0 aliphatic carbocycles. The summed E-state index contributed by atoms with van der Waals surface area (Å²) in [6, 6.07) is 7.16. The number of hydrogen-bond donors (Lipinski definition) is 1. The van der Waals surface area contributed by atoms with E-state index < -0.39 is 11.2 Å². The van der Waals surface area contributed by atoms with Gasteiger partial charge in [-0.2, -0.15) is 5.26 Å². The van der Waals surface area contributed by atoms with Crippen LogP contribution in [0.15, 0.2) is 18.2 Å². The lowest BCUT2D eigenvalue weighted by atomic mass is 9.94. The van der Waals surface area contributed by atoms with Gasteiger partial charge >= 0.3 is 0 Å². The van der Waals surface area contributed by atoms with Crippen LogP contribution in [-0.2, 0) is 4.79 Å². The zero-order valence-corrected chi connectivity index (χ0v) is 12.1. The Hall–Kier alpha value is -2.22. The first kappa shape index (κ1) is 14.2. The van der Waals surface area contributed by atoms with E-state index in [1.54, 1.807) is 32.0 Å². The summed E-state index contributed by atoms with van der Waals surface area (Å²) in [4.78, 5) is 11.9. The van der Waals surface area contributed by atoms with Gasteiger partial charge in [-0.3, -0.25) is 4.79 Å². The van der Waals surface area contributed by atoms with Crippen LogP contribution < -0.4 is 14.8 Å². The van der Waals surface area contributed by atoms with Crippen LogP contribution >= 0.6 is 0 Å². The van der Waals surface area contributed by atoms with Crippen LogP contribution in [0.25, 0.3) is 0 Å². The lowest BCUT2D eigenvalue weighted by molar-refractivity contribution is -0.121. The van der Waals surface area contributed by atoms with Crippen molar-refractivity contribution < 1.29 is 14.3 Å². The lowest BCUT2D eigenvalue weighted by Gasteiger charge is -2.20. The van der Waals surface area contributed by atoms with E-state index in [1.807, 2.05) is 19.9 Å². The summed E-state index contributed by atoms with van der Waals surface area (Å²) in [6.45, 7) is 6.99. The average molecular weight is 274 g/mol. The largest absolute Gasteiger partial charge is 0.449 e. The highest BCUT2D eigenvalue weighted by Gasteiger charge is 2.35. The molecule has 0 saturated heterocycles. The maximum absolute atomic E-state index is 11.9. The van der Waals surface area contributed by atoms with Crippen molar-refractivity contribution in [1.82, 2.24) is 0 Å². The highest BCUT2D eigenvalue weighted by Crippen LogP contribution is 2.42. The number of hydrogen-bond acceptors (Lipinski definition) is 4. The van der Waals surface area contributed by atoms with E-state index in [4.69, 9.17) is 14.7 Å². The Morgan fingerprint density at radius 2 is 2.05 bits per heavy atom. The van der Waals surface area contributed by atoms with E-state index in [0.29, 0.717) is 23.6 Å². The van der Waals surface area contributed by atoms with Gasteiger partial charge in [0.2, 0.25) is 11.7 Å². The minimum absolute atomic E-state index is 0.350. The molecule has 0 radical (unpaired) electrons. The quantitative estimate of drug-likeness (QED) is 0.919. The van der Waals surface area contributed by atoms with Gasteiger partial charge in [-0.25, -0.2) is 0 Å². The fourth-order valence-electron chi connectivity index (χ4n) is 1.72. The Bertz CT molecular complexity index is 589. The van der Waals surface area contributed by atoms with Crippen LogP contribution in [0.5, 0.6) is 11.5 Å². The van der Waals surface area contributed by atoms with E-state index >= 15 is 0 Å². The second-order valence-electron chi connectivity index (χ2n) is 5.54. The van der Waals surface area contributed by atoms with E-state index in [1.165, 1.54) is 0 Å². The molecule has 2 rings (SSSR count). The van der Waals surface area contributed by atoms with Crippen LogP contribution in [-0.4, -0.2) is 11.7 Å². The third kappa shape index (κ3) is 2.55. The van der Waals surface area contributed by atoms with Crippen molar-refractivity contribution in [3.63, 3.8) is 0 Å². The Morgan fingerprint density at radius 1 is 1.40 bits per heavy atom. The maximum Gasteiger partial charge on any atom is 0.248 e. The van der Waals surface area contributed by atoms with Crippen LogP contribution in [0.1, 0.15) is 34.1 Å². The summed E-state index contributed by atoms with van der Waals surface area (Å²) in [7, 11) is 0. The van der Waals surface area contributed by atoms with Gasteiger partial charge in [0.1, 0.15) is 5.41 Å². The number of nitriles is 1. The number of nitrogens with zero attached hydrogens (tertiary/aromatic N) is 1. The molecule has 1 atom stereocenters. The van der Waals surface area contributed by atoms with Crippen molar-refractivity contribution in [2.75, 3.05) is 5.32 Å². The topological polar surface area (TPSA) is 71.3 Å². The smallest absolute Gasteiger partial charge is 0.248 e. The van der Waals surface area contributed by atoms with Gasteiger partial charge in [0.15, 0.2) is 11.5 Å². The van der Waals surface area contributed by atoms with E-state index in [0.717, 1.165) is 0 Å². The normalized spacial score (nSPS) is 20.4. The summed E-state index contributed by atoms with van der Waals surface area (Å²) >= 11 is 0. The molecule has 5 nitrogen and oxygen atoms in total. The molecule has 20 heavy (non-hydrogen) atoms. The van der Waals surface area contributed by atoms with Crippen molar-refractivity contribution in [2.45, 2.75) is 39.9 Å². The number of carbonyl (C=O) groups is 1. The number of fused-ring (bicyclic) bond motifs is 1. The Balaban J connectivity index is 2.17. The molecule has 0 fully saturated rings. The number of benzene rings is 1. The summed E-state index contributed by atoms with van der Waals surface area (Å²) in [5, 5.41) is 11.7. The Labute approximate surface area is 118 Å². The number of rotatable bonds is 3. The molecule has 1 aromatic carbocycles. The first-order chi connectivity index (χ1) is 9.29. The fourth-order valence-corrected chi connectivity index (χ4v) is 1.72. The molecule has 1 aromatic rings. The molecular formula is C15H18N2O3. The maximum atomic E-state index is 11.9. The van der Waals surface area contributed by atoms with Crippen molar-refractivity contribution in [3.8, 4) is 17.6 Å². The zero-order valence-electron chi connectivity index (χ0n) is 12.1. The van der Waals surface area contributed by atoms with Crippen LogP contribution in [0.4, 0.5) is 5.69 Å². The second kappa shape index (κ2) is 4.71. The van der Waals surface area contributed by atoms with Gasteiger partial charge in [-0.05, 0) is 26.0 Å². The van der Waals surface area contributed by atoms with E-state index in [9.17, 15) is 4.79 Å². The van der Waals surface area contributed by atoms with Crippen molar-refractivity contribution in [2.24, 2.45) is 5.41 Å². The summed E-state index contributed by atoms with van der Waals surface area (Å²) in [5.74, 6) is 0.252. The minimum atomic E-state index is -1.08. The second-order valence-corrected chi connectivity index (χ2v) is 5.54. The summed E-state index contributed by atoms with van der Waals surface area (Å²) in [5.41, 5.74) is -0.491. The van der Waals surface area contributed by atoms with Crippen LogP contribution in [0.3, 0.4) is 0 Å². The predicted molar refractivity (Wildman–Crippen MR) is 74.4 cm³/mol. The van der Waals surface area contributed by atoms with Gasteiger partial charge in [-0.1, -0.05) is 6.92 Å². The molecule has 0 aromatic heterocycles. The van der Waals surface area contributed by atoms with Gasteiger partial charge < -0.3 is 14.8 Å². The fraction of sp³-hybridized carbons (Fsp3) is 0.467. The van der Waals surface area contributed by atoms with Crippen LogP contribution in [0, 0.1) is 16.7 Å². The molecule has 106 valence electrons. The van der Waals surface area contributed by atoms with Crippen molar-refractivity contribution in [3.05, 3.63) is 18.2 Å². The molecule has 0 unspecified atom stereocenters. The van der Waals surface area contributed by atoms with Gasteiger partial charge in [0.25, 0.3) is 0 Å². The number of anilines is 1. The number of amides is 1.